The maximum absolute atomic E-state index is 5.54. The number of hydrogen-bond donors (Lipinski definition) is 1. The third kappa shape index (κ3) is 6.96. The van der Waals surface area contributed by atoms with Gasteiger partial charge in [0.2, 0.25) is 0 Å². The van der Waals surface area contributed by atoms with Gasteiger partial charge >= 0.3 is 0 Å². The molecule has 1 N–H and O–H groups in total. The van der Waals surface area contributed by atoms with Crippen LogP contribution in [0.25, 0.3) is 0 Å². The van der Waals surface area contributed by atoms with Gasteiger partial charge in [0.05, 0.1) is 13.2 Å². The summed E-state index contributed by atoms with van der Waals surface area (Å²) in [7, 11) is 3.61. The normalized spacial score (nSPS) is 22.7. The van der Waals surface area contributed by atoms with E-state index in [1.807, 2.05) is 7.05 Å². The Labute approximate surface area is 182 Å². The summed E-state index contributed by atoms with van der Waals surface area (Å²) < 4.78 is 10.5. The van der Waals surface area contributed by atoms with Crippen LogP contribution in [0.1, 0.15) is 37.7 Å². The lowest BCUT2D eigenvalue weighted by Crippen LogP contribution is -2.56. The first-order valence-electron chi connectivity index (χ1n) is 11.6. The fourth-order valence-electron chi connectivity index (χ4n) is 4.82. The van der Waals surface area contributed by atoms with Crippen molar-refractivity contribution < 1.29 is 9.47 Å². The molecule has 2 aliphatic heterocycles. The van der Waals surface area contributed by atoms with Crippen LogP contribution in [0.4, 0.5) is 0 Å². The van der Waals surface area contributed by atoms with Crippen molar-refractivity contribution in [2.75, 3.05) is 60.2 Å². The Morgan fingerprint density at radius 3 is 2.77 bits per heavy atom. The third-order valence-electron chi connectivity index (χ3n) is 6.35. The monoisotopic (exact) mass is 416 g/mol. The van der Waals surface area contributed by atoms with Crippen molar-refractivity contribution in [2.24, 2.45) is 10.9 Å². The van der Waals surface area contributed by atoms with Crippen LogP contribution in [0, 0.1) is 5.92 Å². The number of guanidine groups is 1. The second-order valence-corrected chi connectivity index (χ2v) is 8.45. The standard InChI is InChI=1S/C24H40N4O2/c1-25-24(26-13-6-7-16-30-18-17-29-2)28-15-12-23-22(20-28)11-8-14-27(23)19-21-9-4-3-5-10-21/h3-5,9-10,22-23H,6-8,11-20H2,1-2H3,(H,25,26). The molecule has 2 saturated heterocycles. The Bertz CT molecular complexity index is 625. The average molecular weight is 417 g/mol. The van der Waals surface area contributed by atoms with Gasteiger partial charge in [0.15, 0.2) is 5.96 Å². The van der Waals surface area contributed by atoms with Gasteiger partial charge < -0.3 is 19.7 Å². The zero-order chi connectivity index (χ0) is 21.0. The number of piperidine rings is 2. The number of nitrogens with one attached hydrogen (secondary N) is 1. The Hall–Kier alpha value is -1.63. The van der Waals surface area contributed by atoms with Gasteiger partial charge in [-0.15, -0.1) is 0 Å². The molecule has 1 aromatic rings. The minimum atomic E-state index is 0.671. The zero-order valence-electron chi connectivity index (χ0n) is 18.9. The lowest BCUT2D eigenvalue weighted by Gasteiger charge is -2.48. The van der Waals surface area contributed by atoms with Crippen molar-refractivity contribution in [3.05, 3.63) is 35.9 Å². The van der Waals surface area contributed by atoms with Crippen LogP contribution < -0.4 is 5.32 Å². The molecular formula is C24H40N4O2. The lowest BCUT2D eigenvalue weighted by molar-refractivity contribution is 0.0372. The van der Waals surface area contributed by atoms with Crippen LogP contribution in [0.3, 0.4) is 0 Å². The number of ether oxygens (including phenoxy) is 2. The average Bonchev–Trinajstić information content (AvgIpc) is 2.79. The van der Waals surface area contributed by atoms with Gasteiger partial charge in [-0.25, -0.2) is 0 Å². The molecule has 0 aromatic heterocycles. The smallest absolute Gasteiger partial charge is 0.193 e. The summed E-state index contributed by atoms with van der Waals surface area (Å²) in [6.45, 7) is 7.63. The van der Waals surface area contributed by atoms with Crippen molar-refractivity contribution in [3.63, 3.8) is 0 Å². The Kier molecular flexibility index (Phi) is 9.93. The Balaban J connectivity index is 1.41. The van der Waals surface area contributed by atoms with Crippen molar-refractivity contribution in [1.29, 1.82) is 0 Å². The van der Waals surface area contributed by atoms with Crippen LogP contribution in [0.5, 0.6) is 0 Å². The maximum atomic E-state index is 5.54. The second-order valence-electron chi connectivity index (χ2n) is 8.45. The molecule has 6 heteroatoms. The van der Waals surface area contributed by atoms with Crippen LogP contribution in [-0.4, -0.2) is 82.0 Å². The highest BCUT2D eigenvalue weighted by Gasteiger charge is 2.36. The summed E-state index contributed by atoms with van der Waals surface area (Å²) in [5.41, 5.74) is 1.43. The molecule has 168 valence electrons. The van der Waals surface area contributed by atoms with Gasteiger partial charge in [0.25, 0.3) is 0 Å². The molecule has 0 spiro atoms. The predicted molar refractivity (Wildman–Crippen MR) is 123 cm³/mol. The number of nitrogens with zero attached hydrogens (tertiary/aromatic N) is 3. The van der Waals surface area contributed by atoms with E-state index in [9.17, 15) is 0 Å². The highest BCUT2D eigenvalue weighted by Crippen LogP contribution is 2.31. The molecule has 2 atom stereocenters. The second kappa shape index (κ2) is 12.9. The van der Waals surface area contributed by atoms with Crippen molar-refractivity contribution in [3.8, 4) is 0 Å². The Morgan fingerprint density at radius 2 is 1.97 bits per heavy atom. The molecule has 0 bridgehead atoms. The van der Waals surface area contributed by atoms with Crippen LogP contribution in [0.15, 0.2) is 35.3 Å². The number of aliphatic imine (C=N–C) groups is 1. The van der Waals surface area contributed by atoms with Gasteiger partial charge in [-0.2, -0.15) is 0 Å². The minimum Gasteiger partial charge on any atom is -0.382 e. The number of methoxy groups -OCH3 is 1. The summed E-state index contributed by atoms with van der Waals surface area (Å²) in [6.07, 6.45) is 6.02. The quantitative estimate of drug-likeness (QED) is 0.361. The summed E-state index contributed by atoms with van der Waals surface area (Å²) >= 11 is 0. The summed E-state index contributed by atoms with van der Waals surface area (Å²) in [5, 5.41) is 3.57. The minimum absolute atomic E-state index is 0.671. The van der Waals surface area contributed by atoms with Crippen molar-refractivity contribution in [2.45, 2.75) is 44.7 Å². The molecule has 3 rings (SSSR count). The number of fused-ring (bicyclic) bond motifs is 1. The molecule has 0 aliphatic carbocycles. The third-order valence-corrected chi connectivity index (χ3v) is 6.35. The highest BCUT2D eigenvalue weighted by molar-refractivity contribution is 5.80. The van der Waals surface area contributed by atoms with Gasteiger partial charge in [0, 0.05) is 53.0 Å². The van der Waals surface area contributed by atoms with E-state index in [1.165, 1.54) is 31.4 Å². The van der Waals surface area contributed by atoms with Gasteiger partial charge in [-0.05, 0) is 50.1 Å². The van der Waals surface area contributed by atoms with Gasteiger partial charge in [-0.3, -0.25) is 9.89 Å². The van der Waals surface area contributed by atoms with E-state index in [0.29, 0.717) is 19.3 Å². The van der Waals surface area contributed by atoms with E-state index in [1.54, 1.807) is 7.11 Å². The van der Waals surface area contributed by atoms with E-state index in [4.69, 9.17) is 9.47 Å². The molecular weight excluding hydrogens is 376 g/mol. The number of benzene rings is 1. The first kappa shape index (κ1) is 23.0. The maximum Gasteiger partial charge on any atom is 0.193 e. The molecule has 30 heavy (non-hydrogen) atoms. The number of rotatable bonds is 10. The van der Waals surface area contributed by atoms with Crippen molar-refractivity contribution >= 4 is 5.96 Å². The zero-order valence-corrected chi connectivity index (χ0v) is 18.9. The van der Waals surface area contributed by atoms with Gasteiger partial charge in [-0.1, -0.05) is 30.3 Å². The largest absolute Gasteiger partial charge is 0.382 e. The van der Waals surface area contributed by atoms with E-state index >= 15 is 0 Å². The predicted octanol–water partition coefficient (Wildman–Crippen LogP) is 2.99. The molecule has 2 heterocycles. The first-order valence-corrected chi connectivity index (χ1v) is 11.6. The van der Waals surface area contributed by atoms with E-state index < -0.39 is 0 Å². The lowest BCUT2D eigenvalue weighted by atomic mass is 9.83. The number of likely N-dealkylation sites (tertiary alicyclic amines) is 2. The van der Waals surface area contributed by atoms with Crippen LogP contribution >= 0.6 is 0 Å². The van der Waals surface area contributed by atoms with E-state index in [-0.39, 0.29) is 0 Å². The summed E-state index contributed by atoms with van der Waals surface area (Å²) in [5.74, 6) is 1.80. The summed E-state index contributed by atoms with van der Waals surface area (Å²) in [6, 6.07) is 11.6. The number of hydrogen-bond acceptors (Lipinski definition) is 4. The molecule has 2 fully saturated rings. The van der Waals surface area contributed by atoms with E-state index in [0.717, 1.165) is 57.5 Å². The van der Waals surface area contributed by atoms with Gasteiger partial charge in [0.1, 0.15) is 0 Å². The molecule has 0 radical (unpaired) electrons. The van der Waals surface area contributed by atoms with Crippen molar-refractivity contribution in [1.82, 2.24) is 15.1 Å². The molecule has 1 aromatic carbocycles. The van der Waals surface area contributed by atoms with E-state index in [2.05, 4.69) is 50.4 Å². The molecule has 2 aliphatic rings. The molecule has 0 saturated carbocycles. The molecule has 6 nitrogen and oxygen atoms in total. The Morgan fingerprint density at radius 1 is 1.10 bits per heavy atom. The fourth-order valence-corrected chi connectivity index (χ4v) is 4.82. The molecule has 2 unspecified atom stereocenters. The first-order chi connectivity index (χ1) is 14.8. The van der Waals surface area contributed by atoms with Crippen LogP contribution in [0.2, 0.25) is 0 Å². The molecule has 0 amide bonds. The SMILES string of the molecule is CN=C(NCCCCOCCOC)N1CCC2C(CCCN2Cc2ccccc2)C1. The fraction of sp³-hybridized carbons (Fsp3) is 0.708. The topological polar surface area (TPSA) is 49.3 Å². The van der Waals surface area contributed by atoms with Crippen LogP contribution in [-0.2, 0) is 16.0 Å². The summed E-state index contributed by atoms with van der Waals surface area (Å²) in [4.78, 5) is 9.76. The highest BCUT2D eigenvalue weighted by atomic mass is 16.5. The number of unbranched alkanes of at least 4 members (excludes halogenated alkanes) is 1.